The number of amides is 1. The van der Waals surface area contributed by atoms with Crippen LogP contribution in [0.4, 0.5) is 11.4 Å². The Morgan fingerprint density at radius 3 is 2.41 bits per heavy atom. The Labute approximate surface area is 169 Å². The molecule has 0 unspecified atom stereocenters. The predicted octanol–water partition coefficient (Wildman–Crippen LogP) is 5.84. The minimum atomic E-state index is -0.252. The molecule has 0 radical (unpaired) electrons. The second-order valence-corrected chi connectivity index (χ2v) is 7.10. The quantitative estimate of drug-likeness (QED) is 0.484. The number of para-hydroxylation sites is 2. The van der Waals surface area contributed by atoms with E-state index in [0.29, 0.717) is 16.7 Å². The number of carbonyl (C=O) groups is 1. The van der Waals surface area contributed by atoms with E-state index in [1.807, 2.05) is 93.6 Å². The third kappa shape index (κ3) is 3.83. The standard InChI is InChI=1S/C25H22N2O2/c1-16-10-8-13-22(18(16)3)27-25-20(15-19-11-5-7-14-23(19)29-25)24(28)26-21-12-6-4-9-17(21)2/h4-15H,1-3H3,(H,26,28). The number of nitrogens with one attached hydrogen (secondary N) is 1. The zero-order chi connectivity index (χ0) is 20.4. The van der Waals surface area contributed by atoms with E-state index < -0.39 is 0 Å². The smallest absolute Gasteiger partial charge is 0.261 e. The second kappa shape index (κ2) is 7.76. The van der Waals surface area contributed by atoms with Gasteiger partial charge in [-0.05, 0) is 61.7 Å². The molecule has 3 aromatic carbocycles. The van der Waals surface area contributed by atoms with Gasteiger partial charge in [-0.1, -0.05) is 48.5 Å². The molecular formula is C25H22N2O2. The molecule has 4 heteroatoms. The first kappa shape index (κ1) is 18.7. The lowest BCUT2D eigenvalue weighted by molar-refractivity contribution is 0.102. The summed E-state index contributed by atoms with van der Waals surface area (Å²) < 4.78 is 6.05. The summed E-state index contributed by atoms with van der Waals surface area (Å²) in [6.45, 7) is 6.02. The summed E-state index contributed by atoms with van der Waals surface area (Å²) in [5, 5.41) is 3.83. The number of hydrogen-bond donors (Lipinski definition) is 1. The van der Waals surface area contributed by atoms with E-state index in [-0.39, 0.29) is 5.91 Å². The number of aryl methyl sites for hydroxylation is 2. The molecule has 0 aliphatic rings. The molecule has 0 fully saturated rings. The van der Waals surface area contributed by atoms with Crippen LogP contribution in [-0.4, -0.2) is 5.91 Å². The van der Waals surface area contributed by atoms with Gasteiger partial charge < -0.3 is 9.73 Å². The maximum atomic E-state index is 13.1. The Hall–Kier alpha value is -3.66. The van der Waals surface area contributed by atoms with Gasteiger partial charge in [-0.2, -0.15) is 0 Å². The minimum Gasteiger partial charge on any atom is -0.438 e. The molecule has 1 amide bonds. The summed E-state index contributed by atoms with van der Waals surface area (Å²) in [5.41, 5.74) is 6.11. The lowest BCUT2D eigenvalue weighted by Gasteiger charge is -2.09. The van der Waals surface area contributed by atoms with Gasteiger partial charge in [-0.15, -0.1) is 0 Å². The van der Waals surface area contributed by atoms with Crippen molar-refractivity contribution in [1.29, 1.82) is 0 Å². The van der Waals surface area contributed by atoms with Crippen molar-refractivity contribution in [2.24, 2.45) is 4.99 Å². The molecule has 0 saturated carbocycles. The monoisotopic (exact) mass is 382 g/mol. The van der Waals surface area contributed by atoms with E-state index in [1.165, 1.54) is 0 Å². The number of fused-ring (bicyclic) bond motifs is 1. The average molecular weight is 382 g/mol. The molecule has 0 saturated heterocycles. The largest absolute Gasteiger partial charge is 0.438 e. The fourth-order valence-electron chi connectivity index (χ4n) is 3.18. The van der Waals surface area contributed by atoms with Gasteiger partial charge in [0.05, 0.1) is 5.69 Å². The second-order valence-electron chi connectivity index (χ2n) is 7.10. The third-order valence-electron chi connectivity index (χ3n) is 5.09. The van der Waals surface area contributed by atoms with Crippen molar-refractivity contribution in [3.8, 4) is 0 Å². The van der Waals surface area contributed by atoms with E-state index in [2.05, 4.69) is 5.32 Å². The number of anilines is 1. The van der Waals surface area contributed by atoms with Crippen LogP contribution >= 0.6 is 0 Å². The van der Waals surface area contributed by atoms with Gasteiger partial charge in [0.25, 0.3) is 5.91 Å². The highest BCUT2D eigenvalue weighted by Gasteiger charge is 2.14. The van der Waals surface area contributed by atoms with Crippen molar-refractivity contribution in [2.75, 3.05) is 5.32 Å². The van der Waals surface area contributed by atoms with E-state index in [4.69, 9.17) is 9.41 Å². The Morgan fingerprint density at radius 2 is 1.59 bits per heavy atom. The zero-order valence-corrected chi connectivity index (χ0v) is 16.7. The van der Waals surface area contributed by atoms with Crippen molar-refractivity contribution in [1.82, 2.24) is 0 Å². The highest BCUT2D eigenvalue weighted by molar-refractivity contribution is 6.05. The molecule has 0 spiro atoms. The van der Waals surface area contributed by atoms with Crippen LogP contribution < -0.4 is 10.9 Å². The normalized spacial score (nSPS) is 11.6. The molecule has 144 valence electrons. The minimum absolute atomic E-state index is 0.252. The molecule has 4 aromatic rings. The summed E-state index contributed by atoms with van der Waals surface area (Å²) in [6.07, 6.45) is 0. The molecule has 1 aromatic heterocycles. The Bertz CT molecular complexity index is 1290. The van der Waals surface area contributed by atoms with Crippen LogP contribution in [0.2, 0.25) is 0 Å². The maximum absolute atomic E-state index is 13.1. The summed E-state index contributed by atoms with van der Waals surface area (Å²) in [5.74, 6) is -0.252. The van der Waals surface area contributed by atoms with Gasteiger partial charge in [0.15, 0.2) is 0 Å². The van der Waals surface area contributed by atoms with Crippen LogP contribution in [0.5, 0.6) is 0 Å². The summed E-state index contributed by atoms with van der Waals surface area (Å²) in [6, 6.07) is 23.1. The van der Waals surface area contributed by atoms with Crippen LogP contribution in [0, 0.1) is 20.8 Å². The van der Waals surface area contributed by atoms with E-state index in [9.17, 15) is 4.79 Å². The van der Waals surface area contributed by atoms with Crippen LogP contribution in [-0.2, 0) is 0 Å². The highest BCUT2D eigenvalue weighted by Crippen LogP contribution is 2.22. The van der Waals surface area contributed by atoms with Gasteiger partial charge in [0, 0.05) is 11.1 Å². The molecule has 0 bridgehead atoms. The van der Waals surface area contributed by atoms with Crippen molar-refractivity contribution >= 4 is 28.3 Å². The van der Waals surface area contributed by atoms with Crippen LogP contribution in [0.3, 0.4) is 0 Å². The maximum Gasteiger partial charge on any atom is 0.261 e. The van der Waals surface area contributed by atoms with E-state index in [0.717, 1.165) is 33.5 Å². The number of carbonyl (C=O) groups excluding carboxylic acids is 1. The van der Waals surface area contributed by atoms with Gasteiger partial charge in [0.2, 0.25) is 5.55 Å². The van der Waals surface area contributed by atoms with Gasteiger partial charge in [-0.3, -0.25) is 4.79 Å². The number of rotatable bonds is 3. The van der Waals surface area contributed by atoms with Gasteiger partial charge in [0.1, 0.15) is 11.1 Å². The Kier molecular flexibility index (Phi) is 5.00. The third-order valence-corrected chi connectivity index (χ3v) is 5.09. The number of hydrogen-bond acceptors (Lipinski definition) is 3. The Morgan fingerprint density at radius 1 is 0.862 bits per heavy atom. The first-order valence-corrected chi connectivity index (χ1v) is 9.54. The van der Waals surface area contributed by atoms with Crippen molar-refractivity contribution < 1.29 is 9.21 Å². The lowest BCUT2D eigenvalue weighted by atomic mass is 10.1. The van der Waals surface area contributed by atoms with Crippen LogP contribution in [0.1, 0.15) is 27.0 Å². The SMILES string of the molecule is Cc1ccccc1NC(=O)c1cc2ccccc2oc1=Nc1cccc(C)c1C. The summed E-state index contributed by atoms with van der Waals surface area (Å²) >= 11 is 0. The molecule has 1 N–H and O–H groups in total. The van der Waals surface area contributed by atoms with Gasteiger partial charge >= 0.3 is 0 Å². The molecular weight excluding hydrogens is 360 g/mol. The summed E-state index contributed by atoms with van der Waals surface area (Å²) in [7, 11) is 0. The molecule has 4 nitrogen and oxygen atoms in total. The number of benzene rings is 3. The van der Waals surface area contributed by atoms with Crippen molar-refractivity contribution in [3.63, 3.8) is 0 Å². The fraction of sp³-hybridized carbons (Fsp3) is 0.120. The van der Waals surface area contributed by atoms with Crippen LogP contribution in [0.25, 0.3) is 11.0 Å². The van der Waals surface area contributed by atoms with Crippen LogP contribution in [0.15, 0.2) is 82.2 Å². The van der Waals surface area contributed by atoms with Gasteiger partial charge in [-0.25, -0.2) is 4.99 Å². The fourth-order valence-corrected chi connectivity index (χ4v) is 3.18. The molecule has 0 aliphatic carbocycles. The predicted molar refractivity (Wildman–Crippen MR) is 116 cm³/mol. The Balaban J connectivity index is 1.89. The van der Waals surface area contributed by atoms with E-state index in [1.54, 1.807) is 0 Å². The molecule has 1 heterocycles. The molecule has 0 atom stereocenters. The first-order valence-electron chi connectivity index (χ1n) is 9.54. The molecule has 29 heavy (non-hydrogen) atoms. The lowest BCUT2D eigenvalue weighted by Crippen LogP contribution is -2.22. The summed E-state index contributed by atoms with van der Waals surface area (Å²) in [4.78, 5) is 17.9. The average Bonchev–Trinajstić information content (AvgIpc) is 2.72. The molecule has 0 aliphatic heterocycles. The topological polar surface area (TPSA) is 54.6 Å². The number of nitrogens with zero attached hydrogens (tertiary/aromatic N) is 1. The zero-order valence-electron chi connectivity index (χ0n) is 16.7. The first-order chi connectivity index (χ1) is 14.0. The van der Waals surface area contributed by atoms with Crippen molar-refractivity contribution in [2.45, 2.75) is 20.8 Å². The van der Waals surface area contributed by atoms with E-state index >= 15 is 0 Å². The van der Waals surface area contributed by atoms with Crippen molar-refractivity contribution in [3.05, 3.63) is 101 Å². The highest BCUT2D eigenvalue weighted by atomic mass is 16.3. The molecule has 4 rings (SSSR count).